The first kappa shape index (κ1) is 26.3. The predicted molar refractivity (Wildman–Crippen MR) is 140 cm³/mol. The minimum atomic E-state index is -0.586. The Labute approximate surface area is 225 Å². The third kappa shape index (κ3) is 5.34. The van der Waals surface area contributed by atoms with E-state index < -0.39 is 17.5 Å². The summed E-state index contributed by atoms with van der Waals surface area (Å²) in [7, 11) is 1.46. The van der Waals surface area contributed by atoms with Gasteiger partial charge in [0.05, 0.1) is 31.5 Å². The Kier molecular flexibility index (Phi) is 6.83. The van der Waals surface area contributed by atoms with E-state index in [1.807, 2.05) is 20.8 Å². The van der Waals surface area contributed by atoms with Crippen LogP contribution in [0, 0.1) is 12.7 Å². The second kappa shape index (κ2) is 10.1. The van der Waals surface area contributed by atoms with E-state index in [0.29, 0.717) is 53.6 Å². The van der Waals surface area contributed by atoms with Crippen LogP contribution in [-0.4, -0.2) is 63.8 Å². The maximum Gasteiger partial charge on any atom is 0.410 e. The molecule has 1 atom stereocenters. The largest absolute Gasteiger partial charge is 0.496 e. The Balaban J connectivity index is 1.37. The van der Waals surface area contributed by atoms with Gasteiger partial charge in [0.2, 0.25) is 0 Å². The molecule has 204 valence electrons. The maximum absolute atomic E-state index is 14.9. The number of rotatable bonds is 5. The lowest BCUT2D eigenvalue weighted by molar-refractivity contribution is 0.0273. The summed E-state index contributed by atoms with van der Waals surface area (Å²) >= 11 is 0. The van der Waals surface area contributed by atoms with Gasteiger partial charge in [-0.05, 0) is 45.9 Å². The van der Waals surface area contributed by atoms with Gasteiger partial charge in [-0.15, -0.1) is 0 Å². The third-order valence-electron chi connectivity index (χ3n) is 6.45. The van der Waals surface area contributed by atoms with Crippen LogP contribution in [0.4, 0.5) is 15.0 Å². The van der Waals surface area contributed by atoms with E-state index in [2.05, 4.69) is 15.0 Å². The molecule has 2 amide bonds. The summed E-state index contributed by atoms with van der Waals surface area (Å²) in [5, 5.41) is 0. The zero-order chi connectivity index (χ0) is 27.9. The molecule has 39 heavy (non-hydrogen) atoms. The summed E-state index contributed by atoms with van der Waals surface area (Å²) in [5.74, 6) is -0.101. The Bertz CT molecular complexity index is 1440. The quantitative estimate of drug-likeness (QED) is 0.469. The van der Waals surface area contributed by atoms with E-state index in [4.69, 9.17) is 14.2 Å². The lowest BCUT2D eigenvalue weighted by Gasteiger charge is -2.24. The fourth-order valence-electron chi connectivity index (χ4n) is 4.71. The molecule has 5 rings (SSSR count). The predicted octanol–water partition coefficient (Wildman–Crippen LogP) is 4.54. The highest BCUT2D eigenvalue weighted by molar-refractivity contribution is 6.10. The number of carbonyl (C=O) groups is 2. The Morgan fingerprint density at radius 2 is 1.97 bits per heavy atom. The number of hydrogen-bond donors (Lipinski definition) is 0. The first-order valence-corrected chi connectivity index (χ1v) is 12.7. The van der Waals surface area contributed by atoms with E-state index in [9.17, 15) is 14.0 Å². The number of benzene rings is 1. The van der Waals surface area contributed by atoms with Gasteiger partial charge in [0.1, 0.15) is 29.1 Å². The van der Waals surface area contributed by atoms with Gasteiger partial charge in [-0.1, -0.05) is 6.07 Å². The summed E-state index contributed by atoms with van der Waals surface area (Å²) in [6.45, 7) is 8.22. The molecule has 2 aliphatic heterocycles. The minimum absolute atomic E-state index is 0.110. The van der Waals surface area contributed by atoms with Crippen LogP contribution in [0.5, 0.6) is 11.8 Å². The number of methoxy groups -OCH3 is 1. The molecule has 1 saturated heterocycles. The van der Waals surface area contributed by atoms with Crippen molar-refractivity contribution in [1.82, 2.24) is 19.9 Å². The number of aromatic nitrogens is 3. The Morgan fingerprint density at radius 3 is 2.72 bits per heavy atom. The Hall–Kier alpha value is -4.28. The number of halogens is 1. The molecule has 2 aromatic heterocycles. The topological polar surface area (TPSA) is 107 Å². The maximum atomic E-state index is 14.9. The SMILES string of the molecule is COc1cccc(F)c1-c1nccc2c1CN(c1cc(C)nc(OC3CCN(C(=O)OC(C)(C)C)C3)n1)C2=O. The van der Waals surface area contributed by atoms with Crippen LogP contribution in [0.1, 0.15) is 48.8 Å². The number of aryl methyl sites for hydroxylation is 1. The molecule has 10 nitrogen and oxygen atoms in total. The molecule has 0 bridgehead atoms. The third-order valence-corrected chi connectivity index (χ3v) is 6.45. The molecule has 0 radical (unpaired) electrons. The van der Waals surface area contributed by atoms with Gasteiger partial charge in [0.15, 0.2) is 0 Å². The molecule has 1 fully saturated rings. The normalized spacial score (nSPS) is 16.9. The number of anilines is 1. The van der Waals surface area contributed by atoms with Crippen molar-refractivity contribution in [3.63, 3.8) is 0 Å². The molecule has 4 heterocycles. The number of nitrogens with zero attached hydrogens (tertiary/aromatic N) is 5. The number of fused-ring (bicyclic) bond motifs is 1. The average molecular weight is 536 g/mol. The van der Waals surface area contributed by atoms with Gasteiger partial charge in [0, 0.05) is 42.0 Å². The van der Waals surface area contributed by atoms with Gasteiger partial charge >= 0.3 is 12.1 Å². The van der Waals surface area contributed by atoms with E-state index in [0.717, 1.165) is 0 Å². The fourth-order valence-corrected chi connectivity index (χ4v) is 4.71. The van der Waals surface area contributed by atoms with Crippen molar-refractivity contribution in [2.24, 2.45) is 0 Å². The molecule has 2 aliphatic rings. The van der Waals surface area contributed by atoms with Gasteiger partial charge in [-0.25, -0.2) is 14.2 Å². The number of carbonyl (C=O) groups excluding carboxylic acids is 2. The van der Waals surface area contributed by atoms with Gasteiger partial charge in [-0.2, -0.15) is 4.98 Å². The summed E-state index contributed by atoms with van der Waals surface area (Å²) in [6, 6.07) is 7.95. The van der Waals surface area contributed by atoms with Crippen LogP contribution in [-0.2, 0) is 11.3 Å². The molecule has 1 unspecified atom stereocenters. The summed E-state index contributed by atoms with van der Waals surface area (Å²) in [4.78, 5) is 42.2. The van der Waals surface area contributed by atoms with E-state index in [1.165, 1.54) is 24.3 Å². The molecule has 1 aromatic carbocycles. The molecule has 0 N–H and O–H groups in total. The van der Waals surface area contributed by atoms with Crippen molar-refractivity contribution >= 4 is 17.8 Å². The van der Waals surface area contributed by atoms with Crippen molar-refractivity contribution in [1.29, 1.82) is 0 Å². The van der Waals surface area contributed by atoms with Crippen molar-refractivity contribution in [2.75, 3.05) is 25.1 Å². The second-order valence-corrected chi connectivity index (χ2v) is 10.5. The zero-order valence-corrected chi connectivity index (χ0v) is 22.5. The smallest absolute Gasteiger partial charge is 0.410 e. The monoisotopic (exact) mass is 535 g/mol. The first-order valence-electron chi connectivity index (χ1n) is 12.7. The molecule has 0 spiro atoms. The lowest BCUT2D eigenvalue weighted by Crippen LogP contribution is -2.36. The van der Waals surface area contributed by atoms with Crippen molar-refractivity contribution in [3.8, 4) is 23.0 Å². The zero-order valence-electron chi connectivity index (χ0n) is 22.5. The standard InChI is InChI=1S/C28H30FN5O5/c1-16-13-22(32-26(31-16)38-17-10-12-33(14-17)27(36)39-28(2,3)4)34-15-19-18(25(34)35)9-11-30-24(19)23-20(29)7-6-8-21(23)37-5/h6-9,11,13,17H,10,12,14-15H2,1-5H3. The number of amides is 2. The number of hydrogen-bond acceptors (Lipinski definition) is 8. The van der Waals surface area contributed by atoms with Crippen LogP contribution < -0.4 is 14.4 Å². The summed E-state index contributed by atoms with van der Waals surface area (Å²) in [5.41, 5.74) is 1.55. The van der Waals surface area contributed by atoms with Crippen LogP contribution in [0.25, 0.3) is 11.3 Å². The average Bonchev–Trinajstić information content (AvgIpc) is 3.47. The number of likely N-dealkylation sites (tertiary alicyclic amines) is 1. The van der Waals surface area contributed by atoms with Crippen molar-refractivity contribution in [2.45, 2.75) is 52.4 Å². The minimum Gasteiger partial charge on any atom is -0.496 e. The van der Waals surface area contributed by atoms with Crippen LogP contribution in [0.3, 0.4) is 0 Å². The van der Waals surface area contributed by atoms with Gasteiger partial charge in [-0.3, -0.25) is 14.7 Å². The van der Waals surface area contributed by atoms with Gasteiger partial charge < -0.3 is 19.1 Å². The molecule has 3 aromatic rings. The van der Waals surface area contributed by atoms with Crippen molar-refractivity contribution < 1.29 is 28.2 Å². The van der Waals surface area contributed by atoms with Crippen LogP contribution in [0.15, 0.2) is 36.5 Å². The molecular weight excluding hydrogens is 505 g/mol. The van der Waals surface area contributed by atoms with Crippen LogP contribution >= 0.6 is 0 Å². The summed E-state index contributed by atoms with van der Waals surface area (Å²) < 4.78 is 31.7. The highest BCUT2D eigenvalue weighted by Crippen LogP contribution is 2.38. The van der Waals surface area contributed by atoms with Crippen molar-refractivity contribution in [3.05, 3.63) is 59.2 Å². The molecule has 11 heteroatoms. The number of pyridine rings is 1. The van der Waals surface area contributed by atoms with E-state index >= 15 is 0 Å². The van der Waals surface area contributed by atoms with Gasteiger partial charge in [0.25, 0.3) is 5.91 Å². The molecular formula is C28H30FN5O5. The second-order valence-electron chi connectivity index (χ2n) is 10.5. The highest BCUT2D eigenvalue weighted by atomic mass is 19.1. The molecule has 0 saturated carbocycles. The van der Waals surface area contributed by atoms with E-state index in [1.54, 1.807) is 36.1 Å². The fraction of sp³-hybridized carbons (Fsp3) is 0.393. The lowest BCUT2D eigenvalue weighted by atomic mass is 10.0. The van der Waals surface area contributed by atoms with Crippen LogP contribution in [0.2, 0.25) is 0 Å². The summed E-state index contributed by atoms with van der Waals surface area (Å²) in [6.07, 6.45) is 1.37. The molecule has 0 aliphatic carbocycles. The first-order chi connectivity index (χ1) is 18.5. The number of ether oxygens (including phenoxy) is 3. The highest BCUT2D eigenvalue weighted by Gasteiger charge is 2.35. The Morgan fingerprint density at radius 1 is 1.18 bits per heavy atom. The van der Waals surface area contributed by atoms with E-state index in [-0.39, 0.29) is 30.1 Å².